The van der Waals surface area contributed by atoms with Gasteiger partial charge in [0.1, 0.15) is 23.8 Å². The molecule has 0 aliphatic carbocycles. The van der Waals surface area contributed by atoms with Crippen molar-refractivity contribution >= 4 is 12.1 Å². The Balaban J connectivity index is 1.86. The molecule has 0 radical (unpaired) electrons. The zero-order chi connectivity index (χ0) is 23.3. The Labute approximate surface area is 186 Å². The first kappa shape index (κ1) is 22.7. The summed E-state index contributed by atoms with van der Waals surface area (Å²) in [6.45, 7) is 8.44. The van der Waals surface area contributed by atoms with Crippen LogP contribution in [0.3, 0.4) is 0 Å². The highest BCUT2D eigenvalue weighted by molar-refractivity contribution is 5.77. The van der Waals surface area contributed by atoms with E-state index in [0.29, 0.717) is 29.2 Å². The average Bonchev–Trinajstić information content (AvgIpc) is 3.27. The van der Waals surface area contributed by atoms with Crippen molar-refractivity contribution in [3.05, 3.63) is 75.9 Å². The van der Waals surface area contributed by atoms with E-state index in [-0.39, 0.29) is 12.0 Å². The smallest absolute Gasteiger partial charge is 0.305 e. The van der Waals surface area contributed by atoms with Crippen molar-refractivity contribution in [2.24, 2.45) is 5.22 Å². The largest absolute Gasteiger partial charge is 0.496 e. The van der Waals surface area contributed by atoms with Crippen molar-refractivity contribution < 1.29 is 14.3 Å². The summed E-state index contributed by atoms with van der Waals surface area (Å²) in [5.74, 6) is 1.19. The molecule has 166 valence electrons. The molecule has 0 spiro atoms. The van der Waals surface area contributed by atoms with E-state index in [4.69, 9.17) is 15.0 Å². The van der Waals surface area contributed by atoms with Crippen molar-refractivity contribution in [3.63, 3.8) is 0 Å². The predicted octanol–water partition coefficient (Wildman–Crippen LogP) is 5.25. The van der Waals surface area contributed by atoms with Crippen molar-refractivity contribution in [3.8, 4) is 17.2 Å². The number of hydrogen-bond donors (Lipinski definition) is 0. The van der Waals surface area contributed by atoms with Crippen LogP contribution in [-0.4, -0.2) is 23.3 Å². The number of carbonyl (C=O) groups excluding carboxylic acids is 1. The third-order valence-electron chi connectivity index (χ3n) is 4.96. The highest BCUT2D eigenvalue weighted by Gasteiger charge is 2.20. The van der Waals surface area contributed by atoms with E-state index in [1.807, 2.05) is 42.1 Å². The van der Waals surface area contributed by atoms with Gasteiger partial charge in [-0.25, -0.2) is 9.48 Å². The van der Waals surface area contributed by atoms with Crippen molar-refractivity contribution in [1.29, 1.82) is 0 Å². The van der Waals surface area contributed by atoms with Gasteiger partial charge in [-0.1, -0.05) is 26.8 Å². The van der Waals surface area contributed by atoms with Gasteiger partial charge in [0.25, 0.3) is 0 Å². The molecule has 3 aromatic rings. The Morgan fingerprint density at radius 2 is 2.00 bits per heavy atom. The predicted molar refractivity (Wildman–Crippen MR) is 122 cm³/mol. The monoisotopic (exact) mass is 434 g/mol. The van der Waals surface area contributed by atoms with Gasteiger partial charge in [0.2, 0.25) is 0 Å². The maximum absolute atomic E-state index is 11.4. The maximum atomic E-state index is 11.4. The molecule has 3 rings (SSSR count). The third kappa shape index (κ3) is 4.84. The molecule has 2 aromatic carbocycles. The number of hydrogen-bond acceptors (Lipinski definition) is 5. The van der Waals surface area contributed by atoms with E-state index in [0.717, 1.165) is 22.0 Å². The summed E-state index contributed by atoms with van der Waals surface area (Å²) in [5, 5.41) is 8.99. The summed E-state index contributed by atoms with van der Waals surface area (Å²) in [4.78, 5) is 14.1. The molecule has 0 saturated carbocycles. The molecule has 9 nitrogen and oxygen atoms in total. The molecule has 1 heterocycles. The van der Waals surface area contributed by atoms with Crippen LogP contribution in [0.15, 0.2) is 53.9 Å². The second-order valence-electron chi connectivity index (χ2n) is 8.22. The Bertz CT molecular complexity index is 1160. The van der Waals surface area contributed by atoms with Gasteiger partial charge < -0.3 is 9.47 Å². The van der Waals surface area contributed by atoms with E-state index in [1.54, 1.807) is 18.2 Å². The Kier molecular flexibility index (Phi) is 6.70. The molecule has 0 aliphatic heterocycles. The molecule has 1 aromatic heterocycles. The number of azide groups is 1. The quantitative estimate of drug-likeness (QED) is 0.159. The fourth-order valence-corrected chi connectivity index (χ4v) is 3.23. The van der Waals surface area contributed by atoms with Crippen LogP contribution in [0.5, 0.6) is 11.5 Å². The summed E-state index contributed by atoms with van der Waals surface area (Å²) in [6, 6.07) is 12.9. The van der Waals surface area contributed by atoms with Crippen LogP contribution in [0.4, 0.5) is 5.69 Å². The van der Waals surface area contributed by atoms with Crippen LogP contribution in [-0.2, 0) is 16.8 Å². The van der Waals surface area contributed by atoms with Crippen LogP contribution in [0.25, 0.3) is 16.1 Å². The number of amides is 1. The number of methoxy groups -OCH3 is 1. The van der Waals surface area contributed by atoms with Crippen LogP contribution in [0.2, 0.25) is 0 Å². The lowest BCUT2D eigenvalue weighted by molar-refractivity contribution is -0.107. The van der Waals surface area contributed by atoms with E-state index < -0.39 is 0 Å². The van der Waals surface area contributed by atoms with Crippen LogP contribution in [0, 0.1) is 6.92 Å². The number of ether oxygens (including phenoxy) is 2. The van der Waals surface area contributed by atoms with Crippen molar-refractivity contribution in [2.45, 2.75) is 39.7 Å². The topological polar surface area (TPSA) is 105 Å². The summed E-state index contributed by atoms with van der Waals surface area (Å²) < 4.78 is 13.3. The van der Waals surface area contributed by atoms with Gasteiger partial charge in [-0.2, -0.15) is 10.0 Å². The number of nitrogens with zero attached hydrogens (tertiary/aromatic N) is 6. The lowest BCUT2D eigenvalue weighted by Gasteiger charge is -2.17. The van der Waals surface area contributed by atoms with Gasteiger partial charge in [0.15, 0.2) is 0 Å². The molecule has 1 amide bonds. The molecule has 0 atom stereocenters. The zero-order valence-electron chi connectivity index (χ0n) is 18.8. The molecule has 32 heavy (non-hydrogen) atoms. The molecular weight excluding hydrogens is 408 g/mol. The van der Waals surface area contributed by atoms with Crippen LogP contribution in [0.1, 0.15) is 37.6 Å². The summed E-state index contributed by atoms with van der Waals surface area (Å²) in [7, 11) is 1.53. The first-order valence-corrected chi connectivity index (χ1v) is 10.0. The molecule has 0 bridgehead atoms. The first-order valence-electron chi connectivity index (χ1n) is 10.0. The standard InChI is InChI=1S/C23H26N6O3/c1-16-13-17(28-12-11-22(25-28)23(2,3)4)9-10-20(16)32-14-18-19(29(15-30)27-26-24)7-6-8-21(18)31-5/h6-13,15H,14H2,1-5H3. The number of aryl methyl sites for hydroxylation is 1. The maximum Gasteiger partial charge on any atom is 0.305 e. The van der Waals surface area contributed by atoms with Crippen molar-refractivity contribution in [2.75, 3.05) is 12.1 Å². The normalized spacial score (nSPS) is 10.9. The number of rotatable bonds is 8. The van der Waals surface area contributed by atoms with E-state index in [1.165, 1.54) is 7.11 Å². The summed E-state index contributed by atoms with van der Waals surface area (Å²) in [6.07, 6.45) is 2.38. The minimum Gasteiger partial charge on any atom is -0.496 e. The van der Waals surface area contributed by atoms with Gasteiger partial charge in [-0.05, 0) is 54.1 Å². The minimum absolute atomic E-state index is 0.0270. The fourth-order valence-electron chi connectivity index (χ4n) is 3.23. The van der Waals surface area contributed by atoms with Crippen LogP contribution < -0.4 is 14.5 Å². The summed E-state index contributed by atoms with van der Waals surface area (Å²) in [5.41, 5.74) is 12.6. The number of benzene rings is 2. The summed E-state index contributed by atoms with van der Waals surface area (Å²) >= 11 is 0. The van der Waals surface area contributed by atoms with Crippen LogP contribution >= 0.6 is 0 Å². The Morgan fingerprint density at radius 3 is 2.59 bits per heavy atom. The molecule has 0 saturated heterocycles. The Morgan fingerprint density at radius 1 is 1.22 bits per heavy atom. The van der Waals surface area contributed by atoms with Gasteiger partial charge in [-0.15, -0.1) is 10.5 Å². The van der Waals surface area contributed by atoms with E-state index in [2.05, 4.69) is 36.0 Å². The van der Waals surface area contributed by atoms with E-state index >= 15 is 0 Å². The van der Waals surface area contributed by atoms with Crippen molar-refractivity contribution in [1.82, 2.24) is 9.78 Å². The molecular formula is C23H26N6O3. The second-order valence-corrected chi connectivity index (χ2v) is 8.22. The Hall–Kier alpha value is -3.97. The molecule has 9 heteroatoms. The lowest BCUT2D eigenvalue weighted by atomic mass is 9.93. The average molecular weight is 435 g/mol. The highest BCUT2D eigenvalue weighted by Crippen LogP contribution is 2.31. The molecule has 0 unspecified atom stereocenters. The molecule has 0 fully saturated rings. The highest BCUT2D eigenvalue weighted by atomic mass is 16.5. The minimum atomic E-state index is -0.0270. The van der Waals surface area contributed by atoms with Gasteiger partial charge in [0.05, 0.1) is 24.1 Å². The SMILES string of the molecule is COc1cccc(N(C=O)N=[N+]=[N-])c1COc1ccc(-n2ccc(C(C)(C)C)n2)cc1C. The zero-order valence-corrected chi connectivity index (χ0v) is 18.8. The number of carbonyl (C=O) groups is 1. The first-order chi connectivity index (χ1) is 15.3. The van der Waals surface area contributed by atoms with Gasteiger partial charge in [-0.3, -0.25) is 0 Å². The number of anilines is 1. The van der Waals surface area contributed by atoms with Gasteiger partial charge in [0, 0.05) is 11.6 Å². The third-order valence-corrected chi connectivity index (χ3v) is 4.96. The molecule has 0 N–H and O–H groups in total. The molecule has 0 aliphatic rings. The fraction of sp³-hybridized carbons (Fsp3) is 0.304. The van der Waals surface area contributed by atoms with E-state index in [9.17, 15) is 4.79 Å². The van der Waals surface area contributed by atoms with Gasteiger partial charge >= 0.3 is 6.41 Å². The number of aromatic nitrogens is 2. The lowest BCUT2D eigenvalue weighted by Crippen LogP contribution is -2.15. The second kappa shape index (κ2) is 9.45.